The fourth-order valence-corrected chi connectivity index (χ4v) is 3.06. The zero-order valence-electron chi connectivity index (χ0n) is 9.95. The summed E-state index contributed by atoms with van der Waals surface area (Å²) in [5.41, 5.74) is 1.92. The average molecular weight is 361 g/mol. The van der Waals surface area contributed by atoms with Crippen LogP contribution in [-0.4, -0.2) is 14.5 Å². The van der Waals surface area contributed by atoms with E-state index in [1.165, 1.54) is 0 Å². The van der Waals surface area contributed by atoms with Gasteiger partial charge >= 0.3 is 0 Å². The molecule has 2 aromatic rings. The molecule has 0 fully saturated rings. The van der Waals surface area contributed by atoms with Gasteiger partial charge in [0.1, 0.15) is 11.3 Å². The molecule has 0 aliphatic heterocycles. The van der Waals surface area contributed by atoms with Gasteiger partial charge in [-0.3, -0.25) is 0 Å². The maximum atomic E-state index is 4.69. The minimum absolute atomic E-state index is 0.306. The normalized spacial score (nSPS) is 13.2. The van der Waals surface area contributed by atoms with Crippen LogP contribution < -0.4 is 0 Å². The summed E-state index contributed by atoms with van der Waals surface area (Å²) in [6.07, 6.45) is 4.05. The van der Waals surface area contributed by atoms with Crippen LogP contribution in [0.5, 0.6) is 0 Å². The number of aromatic nitrogens is 3. The predicted octanol–water partition coefficient (Wildman–Crippen LogP) is 4.45. The largest absolute Gasteiger partial charge is 0.312 e. The molecule has 0 aromatic carbocycles. The number of halogens is 2. The Morgan fingerprint density at radius 2 is 2.18 bits per heavy atom. The summed E-state index contributed by atoms with van der Waals surface area (Å²) in [6.45, 7) is 5.20. The first-order valence-corrected chi connectivity index (χ1v) is 7.54. The first kappa shape index (κ1) is 13.0. The van der Waals surface area contributed by atoms with E-state index < -0.39 is 0 Å². The lowest BCUT2D eigenvalue weighted by atomic mass is 10.2. The first-order valence-electron chi connectivity index (χ1n) is 5.83. The van der Waals surface area contributed by atoms with Gasteiger partial charge in [0, 0.05) is 17.2 Å². The van der Waals surface area contributed by atoms with E-state index in [-0.39, 0.29) is 0 Å². The standard InChI is InChI=1S/C12H15Br2N3/c1-3-5-9(14)11-16-10-6-8(13)7-15-12(10)17(11)4-2/h6-7,9H,3-5H2,1-2H3. The van der Waals surface area contributed by atoms with Gasteiger partial charge in [0.25, 0.3) is 0 Å². The van der Waals surface area contributed by atoms with Crippen LogP contribution in [0.4, 0.5) is 0 Å². The van der Waals surface area contributed by atoms with Gasteiger partial charge in [-0.05, 0) is 35.3 Å². The number of hydrogen-bond acceptors (Lipinski definition) is 2. The molecule has 17 heavy (non-hydrogen) atoms. The number of nitrogens with zero attached hydrogens (tertiary/aromatic N) is 3. The van der Waals surface area contributed by atoms with E-state index in [1.54, 1.807) is 0 Å². The van der Waals surface area contributed by atoms with Crippen LogP contribution in [0.1, 0.15) is 37.3 Å². The molecule has 0 aliphatic rings. The molecule has 0 spiro atoms. The minimum Gasteiger partial charge on any atom is -0.312 e. The van der Waals surface area contributed by atoms with Gasteiger partial charge in [0.2, 0.25) is 0 Å². The van der Waals surface area contributed by atoms with Gasteiger partial charge in [-0.25, -0.2) is 9.97 Å². The summed E-state index contributed by atoms with van der Waals surface area (Å²) in [4.78, 5) is 9.44. The molecule has 0 aliphatic carbocycles. The SMILES string of the molecule is CCCC(Br)c1nc2cc(Br)cnc2n1CC. The number of aryl methyl sites for hydroxylation is 1. The lowest BCUT2D eigenvalue weighted by Gasteiger charge is -2.10. The smallest absolute Gasteiger partial charge is 0.160 e. The Morgan fingerprint density at radius 3 is 2.82 bits per heavy atom. The molecule has 0 bridgehead atoms. The van der Waals surface area contributed by atoms with Gasteiger partial charge in [0.15, 0.2) is 5.65 Å². The molecule has 2 aromatic heterocycles. The highest BCUT2D eigenvalue weighted by Gasteiger charge is 2.17. The average Bonchev–Trinajstić information content (AvgIpc) is 2.66. The first-order chi connectivity index (χ1) is 8.17. The highest BCUT2D eigenvalue weighted by Crippen LogP contribution is 2.30. The molecular formula is C12H15Br2N3. The minimum atomic E-state index is 0.306. The Balaban J connectivity index is 2.55. The number of rotatable bonds is 4. The molecule has 0 saturated heterocycles. The molecule has 1 atom stereocenters. The summed E-state index contributed by atoms with van der Waals surface area (Å²) in [6, 6.07) is 2.02. The fraction of sp³-hybridized carbons (Fsp3) is 0.500. The summed E-state index contributed by atoms with van der Waals surface area (Å²) < 4.78 is 3.15. The van der Waals surface area contributed by atoms with Crippen molar-refractivity contribution in [3.63, 3.8) is 0 Å². The van der Waals surface area contributed by atoms with Crippen LogP contribution >= 0.6 is 31.9 Å². The number of hydrogen-bond donors (Lipinski definition) is 0. The molecular weight excluding hydrogens is 346 g/mol. The Hall–Kier alpha value is -0.420. The van der Waals surface area contributed by atoms with Crippen LogP contribution in [-0.2, 0) is 6.54 Å². The van der Waals surface area contributed by atoms with E-state index in [9.17, 15) is 0 Å². The molecule has 0 saturated carbocycles. The van der Waals surface area contributed by atoms with Gasteiger partial charge in [0.05, 0.1) is 4.83 Å². The van der Waals surface area contributed by atoms with E-state index in [4.69, 9.17) is 0 Å². The monoisotopic (exact) mass is 359 g/mol. The van der Waals surface area contributed by atoms with Crippen molar-refractivity contribution in [2.75, 3.05) is 0 Å². The van der Waals surface area contributed by atoms with Crippen LogP contribution in [0.15, 0.2) is 16.7 Å². The van der Waals surface area contributed by atoms with Crippen molar-refractivity contribution < 1.29 is 0 Å². The zero-order chi connectivity index (χ0) is 12.4. The zero-order valence-corrected chi connectivity index (χ0v) is 13.1. The second-order valence-electron chi connectivity index (χ2n) is 3.97. The summed E-state index contributed by atoms with van der Waals surface area (Å²) in [5, 5.41) is 0. The van der Waals surface area contributed by atoms with Gasteiger partial charge in [-0.1, -0.05) is 29.3 Å². The highest BCUT2D eigenvalue weighted by atomic mass is 79.9. The quantitative estimate of drug-likeness (QED) is 0.754. The number of pyridine rings is 1. The molecule has 3 nitrogen and oxygen atoms in total. The predicted molar refractivity (Wildman–Crippen MR) is 77.5 cm³/mol. The van der Waals surface area contributed by atoms with Crippen LogP contribution in [0.3, 0.4) is 0 Å². The van der Waals surface area contributed by atoms with Crippen molar-refractivity contribution in [3.8, 4) is 0 Å². The summed E-state index contributed by atoms with van der Waals surface area (Å²) in [5.74, 6) is 1.08. The van der Waals surface area contributed by atoms with Crippen molar-refractivity contribution in [2.24, 2.45) is 0 Å². The van der Waals surface area contributed by atoms with E-state index in [2.05, 4.69) is 60.2 Å². The molecule has 0 radical (unpaired) electrons. The fourth-order valence-electron chi connectivity index (χ4n) is 1.94. The van der Waals surface area contributed by atoms with Crippen molar-refractivity contribution >= 4 is 43.0 Å². The van der Waals surface area contributed by atoms with Crippen molar-refractivity contribution in [2.45, 2.75) is 38.1 Å². The second kappa shape index (κ2) is 5.48. The third-order valence-corrected chi connectivity index (χ3v) is 4.02. The van der Waals surface area contributed by atoms with Crippen molar-refractivity contribution in [1.29, 1.82) is 0 Å². The van der Waals surface area contributed by atoms with Crippen LogP contribution in [0.2, 0.25) is 0 Å². The van der Waals surface area contributed by atoms with Crippen molar-refractivity contribution in [3.05, 3.63) is 22.6 Å². The number of alkyl halides is 1. The Labute approximate surface area is 118 Å². The lowest BCUT2D eigenvalue weighted by molar-refractivity contribution is 0.667. The molecule has 0 amide bonds. The van der Waals surface area contributed by atoms with E-state index >= 15 is 0 Å². The van der Waals surface area contributed by atoms with E-state index in [1.807, 2.05) is 12.3 Å². The van der Waals surface area contributed by atoms with Gasteiger partial charge in [-0.15, -0.1) is 0 Å². The van der Waals surface area contributed by atoms with Crippen molar-refractivity contribution in [1.82, 2.24) is 14.5 Å². The highest BCUT2D eigenvalue weighted by molar-refractivity contribution is 9.10. The molecule has 0 N–H and O–H groups in total. The topological polar surface area (TPSA) is 30.7 Å². The van der Waals surface area contributed by atoms with E-state index in [0.717, 1.165) is 40.8 Å². The maximum Gasteiger partial charge on any atom is 0.160 e. The maximum absolute atomic E-state index is 4.69. The van der Waals surface area contributed by atoms with Gasteiger partial charge < -0.3 is 4.57 Å². The molecule has 2 rings (SSSR count). The summed E-state index contributed by atoms with van der Waals surface area (Å²) >= 11 is 7.14. The molecule has 5 heteroatoms. The lowest BCUT2D eigenvalue weighted by Crippen LogP contribution is -2.04. The van der Waals surface area contributed by atoms with Crippen LogP contribution in [0.25, 0.3) is 11.2 Å². The van der Waals surface area contributed by atoms with Crippen LogP contribution in [0, 0.1) is 0 Å². The Morgan fingerprint density at radius 1 is 1.41 bits per heavy atom. The molecule has 92 valence electrons. The number of imidazole rings is 1. The third kappa shape index (κ3) is 2.55. The Kier molecular flexibility index (Phi) is 4.20. The summed E-state index contributed by atoms with van der Waals surface area (Å²) in [7, 11) is 0. The van der Waals surface area contributed by atoms with Gasteiger partial charge in [-0.2, -0.15) is 0 Å². The van der Waals surface area contributed by atoms with E-state index in [0.29, 0.717) is 4.83 Å². The Bertz CT molecular complexity index is 522. The second-order valence-corrected chi connectivity index (χ2v) is 5.99. The third-order valence-electron chi connectivity index (χ3n) is 2.72. The number of fused-ring (bicyclic) bond motifs is 1. The molecule has 1 unspecified atom stereocenters. The molecule has 2 heterocycles.